The number of hydrogen-bond acceptors (Lipinski definition) is 4. The van der Waals surface area contributed by atoms with Crippen LogP contribution in [0.4, 0.5) is 0 Å². The second-order valence-electron chi connectivity index (χ2n) is 12.6. The topological polar surface area (TPSA) is 84.0 Å². The number of rotatable bonds is 13. The molecule has 0 fully saturated rings. The van der Waals surface area contributed by atoms with Crippen molar-refractivity contribution in [1.82, 2.24) is 20.6 Å². The number of benzene rings is 4. The SMILES string of the molecule is Cc1c(-c2ccc(Cl)cc2)nc2ccccc2c1C(=O)NCCCCCCCCNC(=O)c1c(C)c(-c2ccc(Cl)cc2)nc2ccccc12. The largest absolute Gasteiger partial charge is 0.352 e. The van der Waals surface area contributed by atoms with Gasteiger partial charge in [0.25, 0.3) is 11.8 Å². The van der Waals surface area contributed by atoms with Gasteiger partial charge in [0, 0.05) is 45.0 Å². The highest BCUT2D eigenvalue weighted by molar-refractivity contribution is 6.31. The van der Waals surface area contributed by atoms with E-state index in [1.165, 1.54) is 0 Å². The summed E-state index contributed by atoms with van der Waals surface area (Å²) < 4.78 is 0. The van der Waals surface area contributed by atoms with Gasteiger partial charge in [0.2, 0.25) is 0 Å². The molecule has 4 aromatic carbocycles. The summed E-state index contributed by atoms with van der Waals surface area (Å²) in [6.45, 7) is 5.14. The van der Waals surface area contributed by atoms with E-state index in [4.69, 9.17) is 33.2 Å². The zero-order valence-corrected chi connectivity index (χ0v) is 29.9. The van der Waals surface area contributed by atoms with Crippen LogP contribution in [0.25, 0.3) is 44.3 Å². The van der Waals surface area contributed by atoms with Gasteiger partial charge in [0.05, 0.1) is 33.5 Å². The van der Waals surface area contributed by atoms with Crippen LogP contribution in [0.5, 0.6) is 0 Å². The molecule has 0 aliphatic carbocycles. The van der Waals surface area contributed by atoms with Crippen molar-refractivity contribution in [1.29, 1.82) is 0 Å². The summed E-state index contributed by atoms with van der Waals surface area (Å²) in [5.74, 6) is -0.158. The predicted molar refractivity (Wildman–Crippen MR) is 206 cm³/mol. The average Bonchev–Trinajstić information content (AvgIpc) is 3.12. The van der Waals surface area contributed by atoms with E-state index in [9.17, 15) is 9.59 Å². The highest BCUT2D eigenvalue weighted by Crippen LogP contribution is 2.32. The number of amides is 2. The highest BCUT2D eigenvalue weighted by atomic mass is 35.5. The zero-order valence-electron chi connectivity index (χ0n) is 28.4. The molecule has 2 heterocycles. The fourth-order valence-electron chi connectivity index (χ4n) is 6.52. The van der Waals surface area contributed by atoms with E-state index < -0.39 is 0 Å². The van der Waals surface area contributed by atoms with Crippen LogP contribution in [0.15, 0.2) is 97.1 Å². The molecule has 2 aromatic heterocycles. The van der Waals surface area contributed by atoms with Gasteiger partial charge in [-0.3, -0.25) is 9.59 Å². The number of pyridine rings is 2. The van der Waals surface area contributed by atoms with Gasteiger partial charge in [-0.2, -0.15) is 0 Å². The van der Waals surface area contributed by atoms with Crippen molar-refractivity contribution in [2.24, 2.45) is 0 Å². The van der Waals surface area contributed by atoms with Gasteiger partial charge < -0.3 is 10.6 Å². The molecule has 0 unspecified atom stereocenters. The van der Waals surface area contributed by atoms with Gasteiger partial charge in [-0.25, -0.2) is 9.97 Å². The van der Waals surface area contributed by atoms with E-state index in [2.05, 4.69) is 10.6 Å². The Hall–Kier alpha value is -4.78. The standard InChI is InChI=1S/C42H40Cl2N4O2/c1-27-37(33-13-7-9-15-35(33)47-39(27)29-17-21-31(43)22-18-29)41(49)45-25-11-5-3-4-6-12-26-46-42(50)38-28(2)40(30-19-23-32(44)24-20-30)48-36-16-10-8-14-34(36)38/h7-10,13-24H,3-6,11-12,25-26H2,1-2H3,(H,45,49)(H,46,50). The minimum Gasteiger partial charge on any atom is -0.352 e. The minimum absolute atomic E-state index is 0.0791. The molecule has 50 heavy (non-hydrogen) atoms. The number of nitrogens with one attached hydrogen (secondary N) is 2. The Labute approximate surface area is 303 Å². The fraction of sp³-hybridized carbons (Fsp3) is 0.238. The number of hydrogen-bond donors (Lipinski definition) is 2. The number of carbonyl (C=O) groups excluding carboxylic acids is 2. The molecule has 0 aliphatic heterocycles. The van der Waals surface area contributed by atoms with E-state index >= 15 is 0 Å². The Morgan fingerprint density at radius 3 is 1.28 bits per heavy atom. The summed E-state index contributed by atoms with van der Waals surface area (Å²) in [6.07, 6.45) is 5.99. The third kappa shape index (κ3) is 7.99. The van der Waals surface area contributed by atoms with Crippen molar-refractivity contribution in [3.8, 4) is 22.5 Å². The number of nitrogens with zero attached hydrogens (tertiary/aromatic N) is 2. The lowest BCUT2D eigenvalue weighted by Crippen LogP contribution is -2.26. The molecule has 6 nitrogen and oxygen atoms in total. The first kappa shape index (κ1) is 35.1. The number of unbranched alkanes of at least 4 members (excludes halogenated alkanes) is 5. The molecule has 0 atom stereocenters. The van der Waals surface area contributed by atoms with Crippen LogP contribution < -0.4 is 10.6 Å². The fourth-order valence-corrected chi connectivity index (χ4v) is 6.77. The molecule has 0 radical (unpaired) electrons. The third-order valence-electron chi connectivity index (χ3n) is 9.14. The van der Waals surface area contributed by atoms with E-state index in [0.29, 0.717) is 34.3 Å². The number of carbonyl (C=O) groups is 2. The Balaban J connectivity index is 0.967. The third-order valence-corrected chi connectivity index (χ3v) is 9.64. The van der Waals surface area contributed by atoms with Gasteiger partial charge in [0.15, 0.2) is 0 Å². The predicted octanol–water partition coefficient (Wildman–Crippen LogP) is 10.5. The molecule has 0 saturated heterocycles. The summed E-state index contributed by atoms with van der Waals surface area (Å²) >= 11 is 12.2. The Bertz CT molecular complexity index is 1990. The summed E-state index contributed by atoms with van der Waals surface area (Å²) in [5, 5.41) is 9.31. The molecule has 0 spiro atoms. The van der Waals surface area contributed by atoms with Crippen LogP contribution >= 0.6 is 23.2 Å². The molecule has 0 bridgehead atoms. The molecular weight excluding hydrogens is 663 g/mol. The summed E-state index contributed by atoms with van der Waals surface area (Å²) in [7, 11) is 0. The van der Waals surface area contributed by atoms with Gasteiger partial charge in [-0.15, -0.1) is 0 Å². The first-order valence-corrected chi connectivity index (χ1v) is 17.9. The number of halogens is 2. The van der Waals surface area contributed by atoms with Gasteiger partial charge in [0.1, 0.15) is 0 Å². The van der Waals surface area contributed by atoms with Crippen LogP contribution in [-0.2, 0) is 0 Å². The molecule has 2 amide bonds. The molecule has 8 heteroatoms. The average molecular weight is 704 g/mol. The lowest BCUT2D eigenvalue weighted by atomic mass is 9.97. The molecule has 0 aliphatic rings. The van der Waals surface area contributed by atoms with Gasteiger partial charge in [-0.1, -0.05) is 110 Å². The normalized spacial score (nSPS) is 11.2. The van der Waals surface area contributed by atoms with E-state index in [0.717, 1.165) is 94.0 Å². The van der Waals surface area contributed by atoms with Crippen LogP contribution in [0.1, 0.15) is 70.4 Å². The quantitative estimate of drug-likeness (QED) is 0.117. The van der Waals surface area contributed by atoms with Crippen molar-refractivity contribution in [2.45, 2.75) is 52.4 Å². The van der Waals surface area contributed by atoms with Crippen LogP contribution in [0.2, 0.25) is 10.0 Å². The molecule has 6 aromatic rings. The summed E-state index contributed by atoms with van der Waals surface area (Å²) in [5.41, 5.74) is 8.04. The first-order valence-electron chi connectivity index (χ1n) is 17.2. The van der Waals surface area contributed by atoms with Crippen molar-refractivity contribution < 1.29 is 9.59 Å². The smallest absolute Gasteiger partial charge is 0.252 e. The lowest BCUT2D eigenvalue weighted by Gasteiger charge is -2.15. The Kier molecular flexibility index (Phi) is 11.4. The minimum atomic E-state index is -0.0791. The van der Waals surface area contributed by atoms with E-state index in [1.807, 2.05) is 111 Å². The van der Waals surface area contributed by atoms with Crippen molar-refractivity contribution >= 4 is 56.8 Å². The van der Waals surface area contributed by atoms with E-state index in [1.54, 1.807) is 0 Å². The van der Waals surface area contributed by atoms with Crippen LogP contribution in [-0.4, -0.2) is 34.9 Å². The van der Waals surface area contributed by atoms with Crippen molar-refractivity contribution in [3.63, 3.8) is 0 Å². The molecule has 6 rings (SSSR count). The highest BCUT2D eigenvalue weighted by Gasteiger charge is 2.20. The summed E-state index contributed by atoms with van der Waals surface area (Å²) in [6, 6.07) is 30.7. The maximum absolute atomic E-state index is 13.5. The molecule has 0 saturated carbocycles. The lowest BCUT2D eigenvalue weighted by molar-refractivity contribution is 0.0945. The maximum atomic E-state index is 13.5. The molecule has 2 N–H and O–H groups in total. The maximum Gasteiger partial charge on any atom is 0.252 e. The number of fused-ring (bicyclic) bond motifs is 2. The second-order valence-corrected chi connectivity index (χ2v) is 13.5. The second kappa shape index (κ2) is 16.3. The van der Waals surface area contributed by atoms with E-state index in [-0.39, 0.29) is 11.8 Å². The van der Waals surface area contributed by atoms with Gasteiger partial charge >= 0.3 is 0 Å². The zero-order chi connectivity index (χ0) is 35.0. The van der Waals surface area contributed by atoms with Crippen molar-refractivity contribution in [2.75, 3.05) is 13.1 Å². The van der Waals surface area contributed by atoms with Crippen LogP contribution in [0, 0.1) is 13.8 Å². The summed E-state index contributed by atoms with van der Waals surface area (Å²) in [4.78, 5) is 36.7. The van der Waals surface area contributed by atoms with Gasteiger partial charge in [-0.05, 0) is 74.2 Å². The first-order chi connectivity index (χ1) is 24.3. The molecule has 254 valence electrons. The Morgan fingerprint density at radius 2 is 0.880 bits per heavy atom. The number of aromatic nitrogens is 2. The monoisotopic (exact) mass is 702 g/mol. The Morgan fingerprint density at radius 1 is 0.520 bits per heavy atom. The molecular formula is C42H40Cl2N4O2. The van der Waals surface area contributed by atoms with Crippen LogP contribution in [0.3, 0.4) is 0 Å². The number of para-hydroxylation sites is 2. The van der Waals surface area contributed by atoms with Crippen molar-refractivity contribution in [3.05, 3.63) is 129 Å².